The average molecular weight is 280 g/mol. The van der Waals surface area contributed by atoms with E-state index in [1.165, 1.54) is 11.8 Å². The van der Waals surface area contributed by atoms with Crippen molar-refractivity contribution in [2.75, 3.05) is 13.2 Å². The minimum Gasteiger partial charge on any atom is -0.473 e. The molecular weight excluding hydrogens is 264 g/mol. The molecule has 1 atom stereocenters. The first-order chi connectivity index (χ1) is 9.25. The molecule has 0 bridgehead atoms. The smallest absolute Gasteiger partial charge is 0.245 e. The highest BCUT2D eigenvalue weighted by Crippen LogP contribution is 2.06. The molecule has 0 aromatic carbocycles. The van der Waals surface area contributed by atoms with Crippen LogP contribution < -0.4 is 10.1 Å². The largest absolute Gasteiger partial charge is 0.473 e. The molecule has 0 radical (unpaired) electrons. The average Bonchev–Trinajstić information content (AvgIpc) is 2.92. The Hall–Kier alpha value is -1.57. The number of hydrogen-bond donors (Lipinski definition) is 2. The molecule has 19 heavy (non-hydrogen) atoms. The number of nitrogens with zero attached hydrogens (tertiary/aromatic N) is 3. The van der Waals surface area contributed by atoms with Gasteiger partial charge in [-0.2, -0.15) is 4.37 Å². The summed E-state index contributed by atoms with van der Waals surface area (Å²) in [5.74, 6) is 0.451. The summed E-state index contributed by atoms with van der Waals surface area (Å²) in [5, 5.41) is 12.9. The van der Waals surface area contributed by atoms with Crippen LogP contribution in [0.15, 0.2) is 24.7 Å². The Morgan fingerprint density at radius 2 is 2.37 bits per heavy atom. The van der Waals surface area contributed by atoms with Crippen molar-refractivity contribution in [1.82, 2.24) is 19.0 Å². The summed E-state index contributed by atoms with van der Waals surface area (Å²) in [5.41, 5.74) is 2.31. The van der Waals surface area contributed by atoms with Crippen LogP contribution in [0.5, 0.6) is 5.88 Å². The van der Waals surface area contributed by atoms with E-state index < -0.39 is 6.10 Å². The summed E-state index contributed by atoms with van der Waals surface area (Å²) in [7, 11) is 0. The Labute approximate surface area is 115 Å². The van der Waals surface area contributed by atoms with Gasteiger partial charge in [-0.3, -0.25) is 4.98 Å². The van der Waals surface area contributed by atoms with Gasteiger partial charge in [-0.1, -0.05) is 0 Å². The van der Waals surface area contributed by atoms with Gasteiger partial charge in [0.2, 0.25) is 5.88 Å². The zero-order valence-electron chi connectivity index (χ0n) is 10.6. The Morgan fingerprint density at radius 3 is 3.11 bits per heavy atom. The van der Waals surface area contributed by atoms with Crippen molar-refractivity contribution < 1.29 is 9.84 Å². The Balaban J connectivity index is 1.66. The second kappa shape index (κ2) is 7.13. The Kier molecular flexibility index (Phi) is 5.20. The van der Waals surface area contributed by atoms with E-state index in [2.05, 4.69) is 19.0 Å². The van der Waals surface area contributed by atoms with E-state index in [-0.39, 0.29) is 6.61 Å². The Morgan fingerprint density at radius 1 is 1.47 bits per heavy atom. The molecule has 0 aliphatic rings. The van der Waals surface area contributed by atoms with Crippen LogP contribution in [0.4, 0.5) is 0 Å². The maximum Gasteiger partial charge on any atom is 0.245 e. The lowest BCUT2D eigenvalue weighted by Gasteiger charge is -2.12. The molecule has 0 aliphatic carbocycles. The van der Waals surface area contributed by atoms with E-state index in [1.807, 2.05) is 19.2 Å². The predicted molar refractivity (Wildman–Crippen MR) is 72.1 cm³/mol. The minimum atomic E-state index is -0.585. The van der Waals surface area contributed by atoms with Gasteiger partial charge >= 0.3 is 0 Å². The lowest BCUT2D eigenvalue weighted by atomic mass is 10.1. The van der Waals surface area contributed by atoms with Gasteiger partial charge in [0.25, 0.3) is 0 Å². The van der Waals surface area contributed by atoms with Crippen molar-refractivity contribution in [2.45, 2.75) is 19.6 Å². The summed E-state index contributed by atoms with van der Waals surface area (Å²) >= 11 is 1.08. The van der Waals surface area contributed by atoms with Crippen LogP contribution in [0, 0.1) is 6.92 Å². The molecule has 0 saturated heterocycles. The normalized spacial score (nSPS) is 12.3. The molecule has 2 heterocycles. The lowest BCUT2D eigenvalue weighted by Crippen LogP contribution is -2.31. The summed E-state index contributed by atoms with van der Waals surface area (Å²) in [6.45, 7) is 3.36. The SMILES string of the molecule is Cc1ccncc1CNCC(O)COc1cnsn1. The van der Waals surface area contributed by atoms with Crippen molar-refractivity contribution in [2.24, 2.45) is 0 Å². The molecule has 2 rings (SSSR count). The summed E-state index contributed by atoms with van der Waals surface area (Å²) in [4.78, 5) is 4.07. The fourth-order valence-corrected chi connectivity index (χ4v) is 1.88. The molecule has 7 heteroatoms. The van der Waals surface area contributed by atoms with Crippen LogP contribution in [-0.4, -0.2) is 38.1 Å². The van der Waals surface area contributed by atoms with E-state index in [4.69, 9.17) is 4.74 Å². The standard InChI is InChI=1S/C12H16N4O2S/c1-9-2-3-13-4-10(9)5-14-6-11(17)8-18-12-7-15-19-16-12/h2-4,7,11,14,17H,5-6,8H2,1H3. The molecule has 0 spiro atoms. The summed E-state index contributed by atoms with van der Waals surface area (Å²) in [6.07, 6.45) is 4.54. The fraction of sp³-hybridized carbons (Fsp3) is 0.417. The van der Waals surface area contributed by atoms with Crippen LogP contribution in [0.2, 0.25) is 0 Å². The van der Waals surface area contributed by atoms with Crippen molar-refractivity contribution in [3.8, 4) is 5.88 Å². The van der Waals surface area contributed by atoms with Gasteiger partial charge in [0.05, 0.1) is 11.7 Å². The summed E-state index contributed by atoms with van der Waals surface area (Å²) in [6, 6.07) is 1.96. The van der Waals surface area contributed by atoms with Crippen molar-refractivity contribution >= 4 is 11.7 Å². The highest BCUT2D eigenvalue weighted by molar-refractivity contribution is 6.99. The topological polar surface area (TPSA) is 80.2 Å². The second-order valence-corrected chi connectivity index (χ2v) is 4.70. The van der Waals surface area contributed by atoms with Crippen LogP contribution in [0.3, 0.4) is 0 Å². The van der Waals surface area contributed by atoms with Crippen LogP contribution >= 0.6 is 11.7 Å². The predicted octanol–water partition coefficient (Wildman–Crippen LogP) is 0.771. The molecule has 1 unspecified atom stereocenters. The van der Waals surface area contributed by atoms with Gasteiger partial charge in [-0.15, -0.1) is 4.37 Å². The number of hydrogen-bond acceptors (Lipinski definition) is 7. The first-order valence-corrected chi connectivity index (χ1v) is 6.67. The van der Waals surface area contributed by atoms with E-state index in [9.17, 15) is 5.11 Å². The number of aryl methyl sites for hydroxylation is 1. The van der Waals surface area contributed by atoms with Crippen LogP contribution in [0.1, 0.15) is 11.1 Å². The van der Waals surface area contributed by atoms with E-state index >= 15 is 0 Å². The molecule has 2 aromatic rings. The van der Waals surface area contributed by atoms with Crippen LogP contribution in [0.25, 0.3) is 0 Å². The highest BCUT2D eigenvalue weighted by Gasteiger charge is 2.06. The number of pyridine rings is 1. The van der Waals surface area contributed by atoms with Gasteiger partial charge in [0, 0.05) is 25.5 Å². The maximum atomic E-state index is 9.75. The number of aromatic nitrogens is 3. The molecule has 102 valence electrons. The van der Waals surface area contributed by atoms with E-state index in [0.717, 1.165) is 17.3 Å². The monoisotopic (exact) mass is 280 g/mol. The third-order valence-electron chi connectivity index (χ3n) is 2.61. The number of rotatable bonds is 7. The minimum absolute atomic E-state index is 0.199. The molecule has 0 amide bonds. The Bertz CT molecular complexity index is 492. The number of aliphatic hydroxyl groups is 1. The van der Waals surface area contributed by atoms with Gasteiger partial charge in [-0.05, 0) is 24.1 Å². The highest BCUT2D eigenvalue weighted by atomic mass is 32.1. The van der Waals surface area contributed by atoms with Gasteiger partial charge in [-0.25, -0.2) is 0 Å². The van der Waals surface area contributed by atoms with Crippen molar-refractivity contribution in [3.05, 3.63) is 35.8 Å². The molecule has 2 aromatic heterocycles. The molecule has 0 fully saturated rings. The third kappa shape index (κ3) is 4.55. The van der Waals surface area contributed by atoms with Crippen molar-refractivity contribution in [1.29, 1.82) is 0 Å². The first kappa shape index (κ1) is 13.9. The number of nitrogens with one attached hydrogen (secondary N) is 1. The maximum absolute atomic E-state index is 9.75. The molecule has 0 aliphatic heterocycles. The lowest BCUT2D eigenvalue weighted by molar-refractivity contribution is 0.104. The number of ether oxygens (including phenoxy) is 1. The van der Waals surface area contributed by atoms with Gasteiger partial charge in [0.15, 0.2) is 0 Å². The third-order valence-corrected chi connectivity index (χ3v) is 3.07. The zero-order valence-corrected chi connectivity index (χ0v) is 11.4. The van der Waals surface area contributed by atoms with E-state index in [0.29, 0.717) is 19.0 Å². The van der Waals surface area contributed by atoms with Gasteiger partial charge < -0.3 is 15.2 Å². The molecule has 6 nitrogen and oxygen atoms in total. The summed E-state index contributed by atoms with van der Waals surface area (Å²) < 4.78 is 13.0. The second-order valence-electron chi connectivity index (χ2n) is 4.14. The van der Waals surface area contributed by atoms with Crippen LogP contribution in [-0.2, 0) is 6.54 Å². The van der Waals surface area contributed by atoms with Gasteiger partial charge in [0.1, 0.15) is 18.9 Å². The first-order valence-electron chi connectivity index (χ1n) is 5.94. The fourth-order valence-electron chi connectivity index (χ4n) is 1.52. The van der Waals surface area contributed by atoms with Crippen molar-refractivity contribution in [3.63, 3.8) is 0 Å². The number of aliphatic hydroxyl groups excluding tert-OH is 1. The zero-order chi connectivity index (χ0) is 13.5. The molecule has 2 N–H and O–H groups in total. The van der Waals surface area contributed by atoms with E-state index in [1.54, 1.807) is 6.20 Å². The quantitative estimate of drug-likeness (QED) is 0.780. The molecular formula is C12H16N4O2S. The molecule has 0 saturated carbocycles.